The van der Waals surface area contributed by atoms with Crippen LogP contribution in [0.1, 0.15) is 61.3 Å². The van der Waals surface area contributed by atoms with Crippen LogP contribution in [0.2, 0.25) is 0 Å². The molecule has 0 radical (unpaired) electrons. The van der Waals surface area contributed by atoms with Crippen LogP contribution in [0.15, 0.2) is 42.9 Å². The molecule has 0 bridgehead atoms. The highest BCUT2D eigenvalue weighted by Crippen LogP contribution is 2.50. The van der Waals surface area contributed by atoms with Crippen molar-refractivity contribution in [3.8, 4) is 16.9 Å². The molecule has 2 atom stereocenters. The van der Waals surface area contributed by atoms with E-state index >= 15 is 0 Å². The molecule has 1 aliphatic heterocycles. The molecule has 1 aromatic carbocycles. The van der Waals surface area contributed by atoms with Crippen molar-refractivity contribution >= 4 is 29.0 Å². The van der Waals surface area contributed by atoms with Gasteiger partial charge in [0.1, 0.15) is 11.6 Å². The maximum atomic E-state index is 12.2. The van der Waals surface area contributed by atoms with Crippen molar-refractivity contribution in [1.82, 2.24) is 14.8 Å². The van der Waals surface area contributed by atoms with Crippen LogP contribution in [-0.4, -0.2) is 45.9 Å². The Balaban J connectivity index is 1.29. The van der Waals surface area contributed by atoms with Crippen LogP contribution in [0.25, 0.3) is 11.1 Å². The van der Waals surface area contributed by atoms with Gasteiger partial charge in [-0.25, -0.2) is 4.98 Å². The van der Waals surface area contributed by atoms with E-state index in [2.05, 4.69) is 21.8 Å². The van der Waals surface area contributed by atoms with Crippen LogP contribution in [0, 0.1) is 5.92 Å². The fourth-order valence-electron chi connectivity index (χ4n) is 5.58. The molecule has 10 nitrogen and oxygen atoms in total. The van der Waals surface area contributed by atoms with Gasteiger partial charge in [0.2, 0.25) is 5.91 Å². The van der Waals surface area contributed by atoms with Crippen LogP contribution in [0.5, 0.6) is 5.75 Å². The van der Waals surface area contributed by atoms with E-state index in [4.69, 9.17) is 20.3 Å². The summed E-state index contributed by atoms with van der Waals surface area (Å²) < 4.78 is 14.1. The number of pyridine rings is 1. The lowest BCUT2D eigenvalue weighted by atomic mass is 9.70. The number of nitrogens with one attached hydrogen (secondary N) is 2. The number of benzene rings is 1. The number of aromatic nitrogens is 3. The number of hydrogen-bond donors (Lipinski definition) is 3. The zero-order chi connectivity index (χ0) is 26.3. The zero-order valence-electron chi connectivity index (χ0n) is 21.4. The quantitative estimate of drug-likeness (QED) is 0.404. The topological polar surface area (TPSA) is 133 Å². The molecule has 6 rings (SSSR count). The minimum Gasteiger partial charge on any atom is -0.494 e. The minimum absolute atomic E-state index is 0.0289. The monoisotopic (exact) mass is 516 g/mol. The molecule has 3 aromatic rings. The number of carbonyl (C=O) groups excluding carboxylic acids is 2. The normalized spacial score (nSPS) is 22.5. The molecule has 2 aliphatic carbocycles. The lowest BCUT2D eigenvalue weighted by molar-refractivity contribution is -0.165. The average molecular weight is 517 g/mol. The zero-order valence-corrected chi connectivity index (χ0v) is 21.4. The van der Waals surface area contributed by atoms with Gasteiger partial charge in [0, 0.05) is 42.1 Å². The van der Waals surface area contributed by atoms with Gasteiger partial charge in [-0.3, -0.25) is 14.3 Å². The van der Waals surface area contributed by atoms with Crippen molar-refractivity contribution in [2.75, 3.05) is 24.4 Å². The van der Waals surface area contributed by atoms with E-state index in [1.807, 2.05) is 29.1 Å². The first kappa shape index (κ1) is 24.4. The molecule has 2 amide bonds. The lowest BCUT2D eigenvalue weighted by Crippen LogP contribution is -2.52. The molecule has 1 saturated heterocycles. The first-order valence-electron chi connectivity index (χ1n) is 13.2. The number of anilines is 3. The highest BCUT2D eigenvalue weighted by molar-refractivity contribution is 6.01. The number of nitrogens with two attached hydrogens (primary N) is 1. The molecule has 1 spiro atoms. The Bertz CT molecular complexity index is 1380. The second kappa shape index (κ2) is 9.75. The number of amides is 2. The summed E-state index contributed by atoms with van der Waals surface area (Å²) in [6, 6.07) is 7.60. The summed E-state index contributed by atoms with van der Waals surface area (Å²) in [7, 11) is 1.61. The largest absolute Gasteiger partial charge is 0.494 e. The van der Waals surface area contributed by atoms with E-state index in [1.54, 1.807) is 13.2 Å². The van der Waals surface area contributed by atoms with Crippen LogP contribution in [-0.2, 0) is 9.53 Å². The summed E-state index contributed by atoms with van der Waals surface area (Å²) in [6.45, 7) is 0.820. The molecule has 2 saturated carbocycles. The molecular formula is C28H32N6O4. The molecule has 2 aromatic heterocycles. The third-order valence-electron chi connectivity index (χ3n) is 7.92. The van der Waals surface area contributed by atoms with Crippen molar-refractivity contribution in [2.45, 2.75) is 56.6 Å². The van der Waals surface area contributed by atoms with Gasteiger partial charge in [-0.2, -0.15) is 5.10 Å². The van der Waals surface area contributed by atoms with Gasteiger partial charge in [0.05, 0.1) is 41.9 Å². The predicted molar refractivity (Wildman–Crippen MR) is 142 cm³/mol. The summed E-state index contributed by atoms with van der Waals surface area (Å²) in [5.74, 6) is 0.279. The predicted octanol–water partition coefficient (Wildman–Crippen LogP) is 4.42. The van der Waals surface area contributed by atoms with Crippen molar-refractivity contribution in [2.24, 2.45) is 11.7 Å². The Hall–Kier alpha value is -3.92. The third-order valence-corrected chi connectivity index (χ3v) is 7.92. The highest BCUT2D eigenvalue weighted by atomic mass is 16.5. The van der Waals surface area contributed by atoms with Crippen molar-refractivity contribution in [1.29, 1.82) is 0 Å². The number of carbonyl (C=O) groups is 2. The standard InChI is InChI=1S/C28H32N6O4/c1-37-25-19(18-14-31-34(16-18)23-9-11-28(23)10-2-3-12-38-28)5-4-6-21(25)32-22-13-24(30-15-20(22)26(29)35)33-27(36)17-7-8-17/h4-6,13-17,23H,2-3,7-12H2,1H3,(H2,29,35)(H2,30,32,33,36)/t23-,28-/m0/s1. The Morgan fingerprint density at radius 3 is 2.71 bits per heavy atom. The van der Waals surface area contributed by atoms with Gasteiger partial charge in [0.25, 0.3) is 5.91 Å². The third kappa shape index (κ3) is 4.49. The summed E-state index contributed by atoms with van der Waals surface area (Å²) in [5.41, 5.74) is 8.58. The molecule has 198 valence electrons. The first-order chi connectivity index (χ1) is 18.5. The summed E-state index contributed by atoms with van der Waals surface area (Å²) >= 11 is 0. The van der Waals surface area contributed by atoms with Crippen LogP contribution in [0.4, 0.5) is 17.2 Å². The van der Waals surface area contributed by atoms with E-state index in [9.17, 15) is 9.59 Å². The fraction of sp³-hybridized carbons (Fsp3) is 0.429. The van der Waals surface area contributed by atoms with Gasteiger partial charge in [0.15, 0.2) is 0 Å². The molecule has 0 unspecified atom stereocenters. The van der Waals surface area contributed by atoms with Crippen LogP contribution >= 0.6 is 0 Å². The van der Waals surface area contributed by atoms with E-state index in [0.29, 0.717) is 22.9 Å². The maximum absolute atomic E-state index is 12.2. The molecule has 4 N–H and O–H groups in total. The molecule has 3 heterocycles. The first-order valence-corrected chi connectivity index (χ1v) is 13.2. The smallest absolute Gasteiger partial charge is 0.252 e. The maximum Gasteiger partial charge on any atom is 0.252 e. The van der Waals surface area contributed by atoms with Crippen molar-refractivity contribution < 1.29 is 19.1 Å². The molecule has 3 fully saturated rings. The van der Waals surface area contributed by atoms with E-state index < -0.39 is 5.91 Å². The number of ether oxygens (including phenoxy) is 2. The van der Waals surface area contributed by atoms with Gasteiger partial charge >= 0.3 is 0 Å². The number of methoxy groups -OCH3 is 1. The summed E-state index contributed by atoms with van der Waals surface area (Å²) in [5, 5.41) is 10.8. The van der Waals surface area contributed by atoms with Crippen LogP contribution in [0.3, 0.4) is 0 Å². The second-order valence-electron chi connectivity index (χ2n) is 10.4. The second-order valence-corrected chi connectivity index (χ2v) is 10.4. The van der Waals surface area contributed by atoms with Gasteiger partial charge in [-0.15, -0.1) is 0 Å². The average Bonchev–Trinajstić information content (AvgIpc) is 3.67. The highest BCUT2D eigenvalue weighted by Gasteiger charge is 2.50. The summed E-state index contributed by atoms with van der Waals surface area (Å²) in [6.07, 6.45) is 12.6. The Labute approximate surface area is 220 Å². The number of para-hydroxylation sites is 1. The van der Waals surface area contributed by atoms with Gasteiger partial charge in [-0.05, 0) is 51.0 Å². The van der Waals surface area contributed by atoms with Gasteiger partial charge in [-0.1, -0.05) is 12.1 Å². The lowest BCUT2D eigenvalue weighted by Gasteiger charge is -2.51. The van der Waals surface area contributed by atoms with E-state index in [1.165, 1.54) is 12.6 Å². The Kier molecular flexibility index (Phi) is 6.27. The molecule has 38 heavy (non-hydrogen) atoms. The Morgan fingerprint density at radius 1 is 1.16 bits per heavy atom. The number of nitrogens with zero attached hydrogens (tertiary/aromatic N) is 3. The SMILES string of the molecule is COc1c(Nc2cc(NC(=O)C3CC3)ncc2C(N)=O)cccc1-c1cnn([C@H]2CC[C@@]23CCCCO3)c1. The fourth-order valence-corrected chi connectivity index (χ4v) is 5.58. The number of primary amides is 1. The molecule has 3 aliphatic rings. The van der Waals surface area contributed by atoms with Crippen molar-refractivity contribution in [3.05, 3.63) is 48.4 Å². The van der Waals surface area contributed by atoms with E-state index in [0.717, 1.165) is 56.3 Å². The molecule has 10 heteroatoms. The summed E-state index contributed by atoms with van der Waals surface area (Å²) in [4.78, 5) is 28.6. The van der Waals surface area contributed by atoms with E-state index in [-0.39, 0.29) is 29.0 Å². The van der Waals surface area contributed by atoms with Gasteiger partial charge < -0.3 is 25.8 Å². The molecular weight excluding hydrogens is 484 g/mol. The Morgan fingerprint density at radius 2 is 2.03 bits per heavy atom. The minimum atomic E-state index is -0.629. The van der Waals surface area contributed by atoms with Crippen molar-refractivity contribution in [3.63, 3.8) is 0 Å². The number of hydrogen-bond acceptors (Lipinski definition) is 7. The van der Waals surface area contributed by atoms with Crippen LogP contribution < -0.4 is 21.1 Å². The number of rotatable bonds is 8.